The van der Waals surface area contributed by atoms with Crippen molar-refractivity contribution in [3.05, 3.63) is 29.6 Å². The molecule has 5 heteroatoms. The second-order valence-electron chi connectivity index (χ2n) is 4.94. The normalized spacial score (nSPS) is 18.4. The largest absolute Gasteiger partial charge is 0.352 e. The van der Waals surface area contributed by atoms with Crippen molar-refractivity contribution in [1.82, 2.24) is 15.2 Å². The Morgan fingerprint density at radius 1 is 1.44 bits per heavy atom. The molecular weight excluding hydrogens is 230 g/mol. The van der Waals surface area contributed by atoms with Gasteiger partial charge in [-0.15, -0.1) is 0 Å². The van der Waals surface area contributed by atoms with E-state index in [1.165, 1.54) is 0 Å². The highest BCUT2D eigenvalue weighted by Crippen LogP contribution is 2.20. The van der Waals surface area contributed by atoms with Crippen LogP contribution >= 0.6 is 0 Å². The van der Waals surface area contributed by atoms with E-state index in [0.717, 1.165) is 5.69 Å². The summed E-state index contributed by atoms with van der Waals surface area (Å²) in [5.74, 6) is -0.326. The minimum absolute atomic E-state index is 0.130. The van der Waals surface area contributed by atoms with Crippen LogP contribution < -0.4 is 5.32 Å². The van der Waals surface area contributed by atoms with Gasteiger partial charge in [-0.05, 0) is 32.9 Å². The molecule has 1 N–H and O–H groups in total. The number of aryl methyl sites for hydroxylation is 1. The monoisotopic (exact) mass is 247 g/mol. The van der Waals surface area contributed by atoms with Gasteiger partial charge < -0.3 is 10.2 Å². The average molecular weight is 247 g/mol. The van der Waals surface area contributed by atoms with Gasteiger partial charge in [0.05, 0.1) is 0 Å². The molecule has 18 heavy (non-hydrogen) atoms. The van der Waals surface area contributed by atoms with Gasteiger partial charge in [0.2, 0.25) is 5.91 Å². The summed E-state index contributed by atoms with van der Waals surface area (Å²) in [4.78, 5) is 30.0. The topological polar surface area (TPSA) is 62.3 Å². The van der Waals surface area contributed by atoms with E-state index in [0.29, 0.717) is 18.8 Å². The molecule has 2 heterocycles. The van der Waals surface area contributed by atoms with Crippen molar-refractivity contribution in [2.24, 2.45) is 0 Å². The molecule has 1 aromatic heterocycles. The van der Waals surface area contributed by atoms with Gasteiger partial charge in [-0.25, -0.2) is 4.98 Å². The van der Waals surface area contributed by atoms with E-state index in [4.69, 9.17) is 0 Å². The standard InChI is InChI=1S/C13H17N3O2/c1-9-5-4-6-10(15-9)11(17)16-8-7-14-12(18)13(16,2)3/h4-6H,7-8H2,1-3H3,(H,14,18). The van der Waals surface area contributed by atoms with E-state index < -0.39 is 5.54 Å². The maximum Gasteiger partial charge on any atom is 0.273 e. The minimum Gasteiger partial charge on any atom is -0.352 e. The van der Waals surface area contributed by atoms with Gasteiger partial charge in [0.25, 0.3) is 5.91 Å². The number of carbonyl (C=O) groups excluding carboxylic acids is 2. The summed E-state index contributed by atoms with van der Waals surface area (Å²) in [5, 5.41) is 2.77. The van der Waals surface area contributed by atoms with E-state index in [1.54, 1.807) is 30.9 Å². The van der Waals surface area contributed by atoms with Crippen LogP contribution in [-0.2, 0) is 4.79 Å². The number of carbonyl (C=O) groups is 2. The molecule has 0 spiro atoms. The SMILES string of the molecule is Cc1cccc(C(=O)N2CCNC(=O)C2(C)C)n1. The van der Waals surface area contributed by atoms with Crippen LogP contribution in [0.15, 0.2) is 18.2 Å². The molecule has 1 fully saturated rings. The number of pyridine rings is 1. The molecule has 0 bridgehead atoms. The quantitative estimate of drug-likeness (QED) is 0.796. The van der Waals surface area contributed by atoms with Gasteiger partial charge in [0.15, 0.2) is 0 Å². The number of hydrogen-bond donors (Lipinski definition) is 1. The van der Waals surface area contributed by atoms with Crippen molar-refractivity contribution in [2.45, 2.75) is 26.3 Å². The highest BCUT2D eigenvalue weighted by atomic mass is 16.2. The van der Waals surface area contributed by atoms with E-state index in [-0.39, 0.29) is 11.8 Å². The summed E-state index contributed by atoms with van der Waals surface area (Å²) in [6.07, 6.45) is 0. The van der Waals surface area contributed by atoms with Gasteiger partial charge in [0.1, 0.15) is 11.2 Å². The summed E-state index contributed by atoms with van der Waals surface area (Å²) in [6.45, 7) is 6.32. The Kier molecular flexibility index (Phi) is 3.07. The lowest BCUT2D eigenvalue weighted by Gasteiger charge is -2.40. The zero-order valence-electron chi connectivity index (χ0n) is 10.9. The first-order valence-corrected chi connectivity index (χ1v) is 5.97. The Labute approximate surface area is 106 Å². The summed E-state index contributed by atoms with van der Waals surface area (Å²) in [6, 6.07) is 5.31. The van der Waals surface area contributed by atoms with Crippen molar-refractivity contribution in [3.63, 3.8) is 0 Å². The van der Waals surface area contributed by atoms with E-state index in [9.17, 15) is 9.59 Å². The summed E-state index contributed by atoms with van der Waals surface area (Å²) < 4.78 is 0. The predicted molar refractivity (Wildman–Crippen MR) is 67.1 cm³/mol. The zero-order chi connectivity index (χ0) is 13.3. The van der Waals surface area contributed by atoms with Crippen LogP contribution in [0.3, 0.4) is 0 Å². The number of aromatic nitrogens is 1. The van der Waals surface area contributed by atoms with E-state index >= 15 is 0 Å². The number of nitrogens with zero attached hydrogens (tertiary/aromatic N) is 2. The average Bonchev–Trinajstić information content (AvgIpc) is 2.32. The Morgan fingerprint density at radius 3 is 2.83 bits per heavy atom. The van der Waals surface area contributed by atoms with Crippen LogP contribution in [-0.4, -0.2) is 40.3 Å². The van der Waals surface area contributed by atoms with E-state index in [2.05, 4.69) is 10.3 Å². The molecule has 5 nitrogen and oxygen atoms in total. The highest BCUT2D eigenvalue weighted by molar-refractivity contribution is 5.98. The second-order valence-corrected chi connectivity index (χ2v) is 4.94. The summed E-state index contributed by atoms with van der Waals surface area (Å²) in [5.41, 5.74) is 0.346. The molecule has 1 aliphatic rings. The maximum absolute atomic E-state index is 12.4. The van der Waals surface area contributed by atoms with Crippen molar-refractivity contribution in [2.75, 3.05) is 13.1 Å². The third-order valence-corrected chi connectivity index (χ3v) is 3.20. The second kappa shape index (κ2) is 4.40. The highest BCUT2D eigenvalue weighted by Gasteiger charge is 2.40. The number of piperazine rings is 1. The van der Waals surface area contributed by atoms with Crippen LogP contribution in [0.1, 0.15) is 30.0 Å². The van der Waals surface area contributed by atoms with Crippen molar-refractivity contribution < 1.29 is 9.59 Å². The third kappa shape index (κ3) is 2.08. The first kappa shape index (κ1) is 12.5. The molecule has 2 amide bonds. The lowest BCUT2D eigenvalue weighted by Crippen LogP contribution is -2.63. The van der Waals surface area contributed by atoms with Gasteiger partial charge >= 0.3 is 0 Å². The predicted octanol–water partition coefficient (Wildman–Crippen LogP) is 0.741. The molecule has 1 aromatic rings. The molecule has 1 saturated heterocycles. The Balaban J connectivity index is 2.31. The molecule has 0 aromatic carbocycles. The lowest BCUT2D eigenvalue weighted by atomic mass is 9.98. The maximum atomic E-state index is 12.4. The van der Waals surface area contributed by atoms with Crippen LogP contribution in [0, 0.1) is 6.92 Å². The summed E-state index contributed by atoms with van der Waals surface area (Å²) >= 11 is 0. The Morgan fingerprint density at radius 2 is 2.17 bits per heavy atom. The van der Waals surface area contributed by atoms with Gasteiger partial charge in [-0.1, -0.05) is 6.07 Å². The molecule has 0 unspecified atom stereocenters. The number of nitrogens with one attached hydrogen (secondary N) is 1. The van der Waals surface area contributed by atoms with Crippen LogP contribution in [0.25, 0.3) is 0 Å². The number of rotatable bonds is 1. The van der Waals surface area contributed by atoms with Crippen LogP contribution in [0.5, 0.6) is 0 Å². The summed E-state index contributed by atoms with van der Waals surface area (Å²) in [7, 11) is 0. The van der Waals surface area contributed by atoms with Gasteiger partial charge in [0, 0.05) is 18.8 Å². The molecule has 0 radical (unpaired) electrons. The first-order valence-electron chi connectivity index (χ1n) is 5.97. The molecular formula is C13H17N3O2. The minimum atomic E-state index is -0.833. The van der Waals surface area contributed by atoms with Crippen LogP contribution in [0.4, 0.5) is 0 Å². The fraction of sp³-hybridized carbons (Fsp3) is 0.462. The smallest absolute Gasteiger partial charge is 0.273 e. The Hall–Kier alpha value is -1.91. The lowest BCUT2D eigenvalue weighted by molar-refractivity contribution is -0.133. The van der Waals surface area contributed by atoms with Gasteiger partial charge in [-0.2, -0.15) is 0 Å². The zero-order valence-corrected chi connectivity index (χ0v) is 10.9. The fourth-order valence-electron chi connectivity index (χ4n) is 2.06. The van der Waals surface area contributed by atoms with Crippen molar-refractivity contribution >= 4 is 11.8 Å². The fourth-order valence-corrected chi connectivity index (χ4v) is 2.06. The van der Waals surface area contributed by atoms with Crippen molar-refractivity contribution in [3.8, 4) is 0 Å². The van der Waals surface area contributed by atoms with Crippen molar-refractivity contribution in [1.29, 1.82) is 0 Å². The van der Waals surface area contributed by atoms with Crippen LogP contribution in [0.2, 0.25) is 0 Å². The first-order chi connectivity index (χ1) is 8.43. The number of hydrogen-bond acceptors (Lipinski definition) is 3. The number of amides is 2. The van der Waals surface area contributed by atoms with Gasteiger partial charge in [-0.3, -0.25) is 9.59 Å². The Bertz CT molecular complexity index is 497. The third-order valence-electron chi connectivity index (χ3n) is 3.20. The molecule has 2 rings (SSSR count). The molecule has 96 valence electrons. The van der Waals surface area contributed by atoms with E-state index in [1.807, 2.05) is 13.0 Å². The molecule has 1 aliphatic heterocycles. The molecule has 0 atom stereocenters. The molecule has 0 saturated carbocycles. The molecule has 0 aliphatic carbocycles.